The first-order valence-corrected chi connectivity index (χ1v) is 21.0. The normalized spacial score (nSPS) is 11.9. The summed E-state index contributed by atoms with van der Waals surface area (Å²) in [7, 11) is 0. The molecule has 0 spiro atoms. The third kappa shape index (κ3) is 5.76. The van der Waals surface area contributed by atoms with Crippen LogP contribution in [0.2, 0.25) is 0 Å². The Morgan fingerprint density at radius 3 is 1.79 bits per heavy atom. The molecule has 12 rings (SSSR count). The number of benzene rings is 9. The monoisotopic (exact) mass is 790 g/mol. The van der Waals surface area contributed by atoms with Crippen LogP contribution in [0.25, 0.3) is 117 Å². The first-order chi connectivity index (χ1) is 30.7. The fraction of sp³-hybridized carbons (Fsp3) is 0. The van der Waals surface area contributed by atoms with E-state index in [0.29, 0.717) is 5.95 Å². The highest BCUT2D eigenvalue weighted by atomic mass is 15.2. The molecule has 3 heterocycles. The molecule has 290 valence electrons. The average Bonchev–Trinajstić information content (AvgIpc) is 3.84. The number of rotatable bonds is 7. The fourth-order valence-corrected chi connectivity index (χ4v) is 9.39. The van der Waals surface area contributed by atoms with Gasteiger partial charge in [0.15, 0.2) is 0 Å². The minimum Gasteiger partial charge on any atom is -0.309 e. The summed E-state index contributed by atoms with van der Waals surface area (Å²) in [5.41, 5.74) is 14.2. The summed E-state index contributed by atoms with van der Waals surface area (Å²) in [6, 6.07) is 71.7. The van der Waals surface area contributed by atoms with Gasteiger partial charge in [0, 0.05) is 38.2 Å². The van der Waals surface area contributed by atoms with E-state index in [1.165, 1.54) is 43.7 Å². The van der Waals surface area contributed by atoms with E-state index in [1.807, 2.05) is 12.2 Å². The van der Waals surface area contributed by atoms with Crippen molar-refractivity contribution < 1.29 is 0 Å². The Morgan fingerprint density at radius 1 is 0.403 bits per heavy atom. The highest BCUT2D eigenvalue weighted by Crippen LogP contribution is 2.41. The minimum atomic E-state index is 0.629. The summed E-state index contributed by atoms with van der Waals surface area (Å²) < 4.78 is 4.60. The Balaban J connectivity index is 1.07. The molecule has 12 aromatic rings. The fourth-order valence-electron chi connectivity index (χ4n) is 9.39. The van der Waals surface area contributed by atoms with Gasteiger partial charge in [-0.05, 0) is 105 Å². The van der Waals surface area contributed by atoms with Gasteiger partial charge in [-0.1, -0.05) is 158 Å². The molecule has 0 saturated carbocycles. The summed E-state index contributed by atoms with van der Waals surface area (Å²) in [5, 5.41) is 8.08. The van der Waals surface area contributed by atoms with Gasteiger partial charge in [0.25, 0.3) is 0 Å². The van der Waals surface area contributed by atoms with Crippen molar-refractivity contribution in [3.63, 3.8) is 0 Å². The molecule has 3 aromatic heterocycles. The summed E-state index contributed by atoms with van der Waals surface area (Å²) >= 11 is 0. The molecule has 4 heteroatoms. The van der Waals surface area contributed by atoms with Crippen molar-refractivity contribution in [1.29, 1.82) is 0 Å². The van der Waals surface area contributed by atoms with Gasteiger partial charge in [0.05, 0.1) is 33.3 Å². The third-order valence-electron chi connectivity index (χ3n) is 12.3. The van der Waals surface area contributed by atoms with Crippen molar-refractivity contribution in [3.05, 3.63) is 224 Å². The third-order valence-corrected chi connectivity index (χ3v) is 12.3. The Hall–Kier alpha value is -8.34. The van der Waals surface area contributed by atoms with Crippen LogP contribution < -0.4 is 0 Å². The van der Waals surface area contributed by atoms with E-state index in [2.05, 4.69) is 222 Å². The lowest BCUT2D eigenvalue weighted by Gasteiger charge is -2.14. The SMILES string of the molecule is C=C/C=C\c1cc2c(cc1-c1ccc3c(c1)c1ccccc1n3-c1ccccc1)c1ccccc1n2-c1nc(-c2ccc3ccc(-c4ccccc4)cc3c2)c2ccccc2n1. The van der Waals surface area contributed by atoms with E-state index in [1.54, 1.807) is 0 Å². The van der Waals surface area contributed by atoms with E-state index in [9.17, 15) is 0 Å². The summed E-state index contributed by atoms with van der Waals surface area (Å²) in [4.78, 5) is 10.8. The molecule has 0 aliphatic heterocycles. The molecule has 0 radical (unpaired) electrons. The summed E-state index contributed by atoms with van der Waals surface area (Å²) in [6.07, 6.45) is 6.02. The van der Waals surface area contributed by atoms with Crippen LogP contribution in [0.1, 0.15) is 5.56 Å². The van der Waals surface area contributed by atoms with E-state index in [0.717, 1.165) is 66.3 Å². The van der Waals surface area contributed by atoms with Gasteiger partial charge in [-0.15, -0.1) is 0 Å². The summed E-state index contributed by atoms with van der Waals surface area (Å²) in [5.74, 6) is 0.629. The number of fused-ring (bicyclic) bond motifs is 8. The molecule has 0 bridgehead atoms. The molecular formula is C58H38N4. The predicted molar refractivity (Wildman–Crippen MR) is 261 cm³/mol. The van der Waals surface area contributed by atoms with Crippen LogP contribution in [0.15, 0.2) is 219 Å². The van der Waals surface area contributed by atoms with Crippen molar-refractivity contribution in [2.45, 2.75) is 0 Å². The first-order valence-electron chi connectivity index (χ1n) is 21.0. The zero-order valence-corrected chi connectivity index (χ0v) is 33.8. The van der Waals surface area contributed by atoms with E-state index in [4.69, 9.17) is 9.97 Å². The lowest BCUT2D eigenvalue weighted by Crippen LogP contribution is -2.03. The molecule has 4 nitrogen and oxygen atoms in total. The number of allylic oxidation sites excluding steroid dienone is 2. The van der Waals surface area contributed by atoms with Crippen LogP contribution in [0.5, 0.6) is 0 Å². The molecule has 9 aromatic carbocycles. The molecule has 0 fully saturated rings. The number of hydrogen-bond acceptors (Lipinski definition) is 2. The van der Waals surface area contributed by atoms with Gasteiger partial charge in [-0.3, -0.25) is 4.57 Å². The van der Waals surface area contributed by atoms with E-state index in [-0.39, 0.29) is 0 Å². The molecule has 0 amide bonds. The zero-order valence-electron chi connectivity index (χ0n) is 33.8. The van der Waals surface area contributed by atoms with Gasteiger partial charge in [-0.25, -0.2) is 9.97 Å². The molecule has 0 unspecified atom stereocenters. The highest BCUT2D eigenvalue weighted by molar-refractivity contribution is 6.13. The summed E-state index contributed by atoms with van der Waals surface area (Å²) in [6.45, 7) is 4.04. The lowest BCUT2D eigenvalue weighted by molar-refractivity contribution is 1.01. The van der Waals surface area contributed by atoms with Gasteiger partial charge in [0.1, 0.15) is 0 Å². The molecular weight excluding hydrogens is 753 g/mol. The largest absolute Gasteiger partial charge is 0.309 e. The van der Waals surface area contributed by atoms with Crippen LogP contribution in [0.4, 0.5) is 0 Å². The molecule has 0 aliphatic carbocycles. The molecule has 0 atom stereocenters. The van der Waals surface area contributed by atoms with Crippen molar-refractivity contribution >= 4 is 71.4 Å². The second kappa shape index (κ2) is 14.4. The quantitative estimate of drug-likeness (QED) is 0.151. The topological polar surface area (TPSA) is 35.6 Å². The van der Waals surface area contributed by atoms with E-state index >= 15 is 0 Å². The van der Waals surface area contributed by atoms with Crippen LogP contribution >= 0.6 is 0 Å². The van der Waals surface area contributed by atoms with Gasteiger partial charge in [-0.2, -0.15) is 0 Å². The lowest BCUT2D eigenvalue weighted by atomic mass is 9.95. The Labute approximate surface area is 358 Å². The molecule has 0 N–H and O–H groups in total. The predicted octanol–water partition coefficient (Wildman–Crippen LogP) is 15.2. The Bertz CT molecular complexity index is 3760. The number of aromatic nitrogens is 4. The van der Waals surface area contributed by atoms with Crippen LogP contribution in [-0.2, 0) is 0 Å². The number of hydrogen-bond donors (Lipinski definition) is 0. The standard InChI is InChI=1S/C58H38N4/c1-2-3-16-41-36-56-51(37-49(41)42-31-32-55-50(35-42)46-21-11-14-25-53(46)61(55)45-19-8-5-9-20-45)47-22-12-15-26-54(47)62(56)58-59-52-24-13-10-23-48(52)57(60-58)43-30-28-39-27-29-40(33-44(39)34-43)38-17-6-4-7-18-38/h2-37H,1H2/b16-3-. The van der Waals surface area contributed by atoms with Crippen LogP contribution in [0.3, 0.4) is 0 Å². The van der Waals surface area contributed by atoms with Crippen molar-refractivity contribution in [3.8, 4) is 45.1 Å². The van der Waals surface area contributed by atoms with Crippen LogP contribution in [-0.4, -0.2) is 19.1 Å². The van der Waals surface area contributed by atoms with Crippen LogP contribution in [0, 0.1) is 0 Å². The maximum atomic E-state index is 5.48. The zero-order chi connectivity index (χ0) is 41.1. The van der Waals surface area contributed by atoms with Crippen molar-refractivity contribution in [2.75, 3.05) is 0 Å². The van der Waals surface area contributed by atoms with Gasteiger partial charge >= 0.3 is 0 Å². The van der Waals surface area contributed by atoms with E-state index < -0.39 is 0 Å². The maximum absolute atomic E-state index is 5.48. The smallest absolute Gasteiger partial charge is 0.235 e. The van der Waals surface area contributed by atoms with Gasteiger partial charge < -0.3 is 4.57 Å². The molecule has 0 saturated heterocycles. The molecule has 0 aliphatic rings. The number of para-hydroxylation sites is 4. The second-order valence-corrected chi connectivity index (χ2v) is 15.9. The number of nitrogens with zero attached hydrogens (tertiary/aromatic N) is 4. The van der Waals surface area contributed by atoms with Gasteiger partial charge in [0.2, 0.25) is 5.95 Å². The first kappa shape index (κ1) is 35.6. The Kier molecular flexibility index (Phi) is 8.29. The second-order valence-electron chi connectivity index (χ2n) is 15.9. The minimum absolute atomic E-state index is 0.629. The average molecular weight is 791 g/mol. The highest BCUT2D eigenvalue weighted by Gasteiger charge is 2.21. The Morgan fingerprint density at radius 2 is 1.02 bits per heavy atom. The maximum Gasteiger partial charge on any atom is 0.235 e. The van der Waals surface area contributed by atoms with Crippen molar-refractivity contribution in [2.24, 2.45) is 0 Å². The van der Waals surface area contributed by atoms with Crippen molar-refractivity contribution in [1.82, 2.24) is 19.1 Å². The molecule has 62 heavy (non-hydrogen) atoms.